The lowest BCUT2D eigenvalue weighted by atomic mass is 10.1. The second-order valence-electron chi connectivity index (χ2n) is 4.24. The highest BCUT2D eigenvalue weighted by molar-refractivity contribution is 14.1. The standard InChI is InChI=1S/C14H12F2IN3O/c15-9-4-5-12(11(17)6-9)19-7-8-2-1-3-10(13(8)16)14(18)20-21/h1-6,19,21H,7H2,(H2,18,20). The Morgan fingerprint density at radius 1 is 1.29 bits per heavy atom. The van der Waals surface area contributed by atoms with Gasteiger partial charge in [-0.25, -0.2) is 8.78 Å². The van der Waals surface area contributed by atoms with Crippen molar-refractivity contribution in [1.82, 2.24) is 0 Å². The average molecular weight is 403 g/mol. The number of hydrogen-bond donors (Lipinski definition) is 3. The molecule has 0 fully saturated rings. The van der Waals surface area contributed by atoms with Crippen LogP contribution < -0.4 is 11.1 Å². The van der Waals surface area contributed by atoms with Crippen molar-refractivity contribution in [2.24, 2.45) is 10.9 Å². The Hall–Kier alpha value is -1.90. The van der Waals surface area contributed by atoms with E-state index in [0.717, 1.165) is 0 Å². The summed E-state index contributed by atoms with van der Waals surface area (Å²) in [5, 5.41) is 14.4. The van der Waals surface area contributed by atoms with Crippen LogP contribution in [0.3, 0.4) is 0 Å². The lowest BCUT2D eigenvalue weighted by Crippen LogP contribution is -2.16. The van der Waals surface area contributed by atoms with Crippen LogP contribution >= 0.6 is 22.6 Å². The SMILES string of the molecule is N/C(=N/O)c1cccc(CNc2ccc(F)cc2I)c1F. The minimum Gasteiger partial charge on any atom is -0.409 e. The zero-order valence-corrected chi connectivity index (χ0v) is 12.9. The van der Waals surface area contributed by atoms with Crippen LogP contribution in [0.15, 0.2) is 41.6 Å². The van der Waals surface area contributed by atoms with Crippen molar-refractivity contribution >= 4 is 34.1 Å². The summed E-state index contributed by atoms with van der Waals surface area (Å²) in [6.07, 6.45) is 0. The lowest BCUT2D eigenvalue weighted by molar-refractivity contribution is 0.318. The predicted octanol–water partition coefficient (Wildman–Crippen LogP) is 3.28. The molecule has 0 saturated carbocycles. The van der Waals surface area contributed by atoms with E-state index >= 15 is 0 Å². The minimum absolute atomic E-state index is 0.0330. The summed E-state index contributed by atoms with van der Waals surface area (Å²) in [5.74, 6) is -1.17. The topological polar surface area (TPSA) is 70.6 Å². The molecule has 2 aromatic carbocycles. The van der Waals surface area contributed by atoms with Crippen LogP contribution in [-0.4, -0.2) is 11.0 Å². The van der Waals surface area contributed by atoms with Crippen molar-refractivity contribution in [3.63, 3.8) is 0 Å². The number of nitrogens with zero attached hydrogens (tertiary/aromatic N) is 1. The Bertz CT molecular complexity index is 692. The zero-order valence-electron chi connectivity index (χ0n) is 10.8. The molecule has 0 unspecified atom stereocenters. The van der Waals surface area contributed by atoms with E-state index in [0.29, 0.717) is 14.8 Å². The van der Waals surface area contributed by atoms with Crippen molar-refractivity contribution in [1.29, 1.82) is 0 Å². The van der Waals surface area contributed by atoms with Crippen molar-refractivity contribution in [2.45, 2.75) is 6.54 Å². The van der Waals surface area contributed by atoms with Crippen molar-refractivity contribution < 1.29 is 14.0 Å². The third-order valence-electron chi connectivity index (χ3n) is 2.86. The molecule has 0 atom stereocenters. The summed E-state index contributed by atoms with van der Waals surface area (Å²) < 4.78 is 27.9. The molecule has 4 nitrogen and oxygen atoms in total. The molecule has 21 heavy (non-hydrogen) atoms. The van der Waals surface area contributed by atoms with Crippen LogP contribution in [0.25, 0.3) is 0 Å². The second-order valence-corrected chi connectivity index (χ2v) is 5.40. The monoisotopic (exact) mass is 403 g/mol. The molecule has 0 saturated heterocycles. The first kappa shape index (κ1) is 15.5. The summed E-state index contributed by atoms with van der Waals surface area (Å²) in [5.41, 5.74) is 6.50. The van der Waals surface area contributed by atoms with Gasteiger partial charge in [0.25, 0.3) is 0 Å². The van der Waals surface area contributed by atoms with Gasteiger partial charge in [-0.15, -0.1) is 0 Å². The van der Waals surface area contributed by atoms with Gasteiger partial charge in [0.05, 0.1) is 5.56 Å². The van der Waals surface area contributed by atoms with E-state index in [2.05, 4.69) is 10.5 Å². The van der Waals surface area contributed by atoms with E-state index in [4.69, 9.17) is 10.9 Å². The van der Waals surface area contributed by atoms with E-state index in [1.54, 1.807) is 18.2 Å². The van der Waals surface area contributed by atoms with Crippen molar-refractivity contribution in [2.75, 3.05) is 5.32 Å². The summed E-state index contributed by atoms with van der Waals surface area (Å²) in [6, 6.07) is 8.92. The van der Waals surface area contributed by atoms with Crippen LogP contribution in [0.1, 0.15) is 11.1 Å². The Balaban J connectivity index is 2.21. The van der Waals surface area contributed by atoms with Crippen LogP contribution in [0.5, 0.6) is 0 Å². The van der Waals surface area contributed by atoms with E-state index in [-0.39, 0.29) is 23.8 Å². The van der Waals surface area contributed by atoms with Gasteiger partial charge in [-0.3, -0.25) is 0 Å². The maximum atomic E-state index is 14.2. The Kier molecular flexibility index (Phi) is 4.94. The van der Waals surface area contributed by atoms with Gasteiger partial charge in [-0.05, 0) is 46.9 Å². The first-order valence-electron chi connectivity index (χ1n) is 5.97. The maximum Gasteiger partial charge on any atom is 0.173 e. The fourth-order valence-corrected chi connectivity index (χ4v) is 2.46. The molecule has 110 valence electrons. The highest BCUT2D eigenvalue weighted by Crippen LogP contribution is 2.21. The summed E-state index contributed by atoms with van der Waals surface area (Å²) in [7, 11) is 0. The van der Waals surface area contributed by atoms with Gasteiger partial charge in [-0.2, -0.15) is 0 Å². The third-order valence-corrected chi connectivity index (χ3v) is 3.76. The fourth-order valence-electron chi connectivity index (χ4n) is 1.79. The van der Waals surface area contributed by atoms with Gasteiger partial charge in [0.1, 0.15) is 11.6 Å². The van der Waals surface area contributed by atoms with Gasteiger partial charge in [0.2, 0.25) is 0 Å². The molecular weight excluding hydrogens is 391 g/mol. The molecule has 0 aliphatic carbocycles. The Morgan fingerprint density at radius 2 is 2.05 bits per heavy atom. The molecule has 0 bridgehead atoms. The molecule has 0 heterocycles. The van der Waals surface area contributed by atoms with Crippen molar-refractivity contribution in [3.8, 4) is 0 Å². The highest BCUT2D eigenvalue weighted by atomic mass is 127. The first-order valence-corrected chi connectivity index (χ1v) is 7.05. The maximum absolute atomic E-state index is 14.2. The number of hydrogen-bond acceptors (Lipinski definition) is 3. The van der Waals surface area contributed by atoms with Crippen LogP contribution in [0, 0.1) is 15.2 Å². The number of nitrogens with two attached hydrogens (primary N) is 1. The number of nitrogens with one attached hydrogen (secondary N) is 1. The number of halogens is 3. The molecule has 0 aromatic heterocycles. The number of oxime groups is 1. The smallest absolute Gasteiger partial charge is 0.173 e. The lowest BCUT2D eigenvalue weighted by Gasteiger charge is -2.11. The van der Waals surface area contributed by atoms with Gasteiger partial charge in [0, 0.05) is 21.4 Å². The third kappa shape index (κ3) is 3.60. The average Bonchev–Trinajstić information content (AvgIpc) is 2.47. The molecule has 0 radical (unpaired) electrons. The largest absolute Gasteiger partial charge is 0.409 e. The first-order chi connectivity index (χ1) is 10.0. The number of benzene rings is 2. The van der Waals surface area contributed by atoms with E-state index < -0.39 is 5.82 Å². The van der Waals surface area contributed by atoms with Gasteiger partial charge in [0.15, 0.2) is 5.84 Å². The molecule has 0 spiro atoms. The van der Waals surface area contributed by atoms with Crippen molar-refractivity contribution in [3.05, 3.63) is 62.7 Å². The zero-order chi connectivity index (χ0) is 15.4. The van der Waals surface area contributed by atoms with E-state index in [1.807, 2.05) is 22.6 Å². The molecule has 4 N–H and O–H groups in total. The Morgan fingerprint density at radius 3 is 2.71 bits per heavy atom. The fraction of sp³-hybridized carbons (Fsp3) is 0.0714. The molecule has 0 amide bonds. The molecule has 0 aliphatic rings. The molecular formula is C14H12F2IN3O. The summed E-state index contributed by atoms with van der Waals surface area (Å²) in [6.45, 7) is 0.194. The van der Waals surface area contributed by atoms with E-state index in [1.165, 1.54) is 18.2 Å². The van der Waals surface area contributed by atoms with E-state index in [9.17, 15) is 8.78 Å². The van der Waals surface area contributed by atoms with Crippen LogP contribution in [0.2, 0.25) is 0 Å². The molecule has 2 rings (SSSR count). The molecule has 7 heteroatoms. The number of rotatable bonds is 4. The molecule has 0 aliphatic heterocycles. The summed E-state index contributed by atoms with van der Waals surface area (Å²) >= 11 is 1.99. The number of amidine groups is 1. The quantitative estimate of drug-likeness (QED) is 0.241. The normalized spacial score (nSPS) is 11.5. The summed E-state index contributed by atoms with van der Waals surface area (Å²) in [4.78, 5) is 0. The van der Waals surface area contributed by atoms with Gasteiger partial charge in [-0.1, -0.05) is 17.3 Å². The highest BCUT2D eigenvalue weighted by Gasteiger charge is 2.11. The molecule has 2 aromatic rings. The Labute approximate surface area is 133 Å². The second kappa shape index (κ2) is 6.70. The van der Waals surface area contributed by atoms with Crippen LogP contribution in [-0.2, 0) is 6.54 Å². The minimum atomic E-state index is -0.558. The predicted molar refractivity (Wildman–Crippen MR) is 85.4 cm³/mol. The van der Waals surface area contributed by atoms with Crippen LogP contribution in [0.4, 0.5) is 14.5 Å². The number of anilines is 1. The van der Waals surface area contributed by atoms with Gasteiger partial charge < -0.3 is 16.3 Å². The van der Waals surface area contributed by atoms with Gasteiger partial charge >= 0.3 is 0 Å².